The minimum atomic E-state index is -0.00977. The second-order valence-corrected chi connectivity index (χ2v) is 4.91. The van der Waals surface area contributed by atoms with Crippen LogP contribution in [0, 0.1) is 0 Å². The van der Waals surface area contributed by atoms with Crippen molar-refractivity contribution in [3.8, 4) is 0 Å². The average molecular weight is 275 g/mol. The van der Waals surface area contributed by atoms with Crippen LogP contribution in [0.15, 0.2) is 34.9 Å². The first-order valence-corrected chi connectivity index (χ1v) is 6.84. The van der Waals surface area contributed by atoms with Gasteiger partial charge in [0.2, 0.25) is 5.89 Å². The molecule has 0 aliphatic carbocycles. The number of nitrogens with zero attached hydrogens (tertiary/aromatic N) is 2. The van der Waals surface area contributed by atoms with Gasteiger partial charge in [0, 0.05) is 26.0 Å². The molecule has 2 atom stereocenters. The van der Waals surface area contributed by atoms with Crippen molar-refractivity contribution in [3.05, 3.63) is 47.6 Å². The molecule has 2 rings (SSSR count). The Morgan fingerprint density at radius 2 is 2.05 bits per heavy atom. The summed E-state index contributed by atoms with van der Waals surface area (Å²) in [5.41, 5.74) is 7.27. The van der Waals surface area contributed by atoms with Crippen LogP contribution in [-0.2, 0) is 17.6 Å². The molecule has 2 unspecified atom stereocenters. The van der Waals surface area contributed by atoms with Gasteiger partial charge in [-0.3, -0.25) is 0 Å². The van der Waals surface area contributed by atoms with Crippen molar-refractivity contribution >= 4 is 0 Å². The van der Waals surface area contributed by atoms with E-state index in [2.05, 4.69) is 10.1 Å². The third-order valence-electron chi connectivity index (χ3n) is 3.28. The number of hydrogen-bond acceptors (Lipinski definition) is 5. The fourth-order valence-corrected chi connectivity index (χ4v) is 1.96. The highest BCUT2D eigenvalue weighted by Gasteiger charge is 2.12. The summed E-state index contributed by atoms with van der Waals surface area (Å²) in [6, 6.07) is 10.0. The molecule has 0 aliphatic heterocycles. The Balaban J connectivity index is 1.85. The monoisotopic (exact) mass is 275 g/mol. The molecule has 0 bridgehead atoms. The van der Waals surface area contributed by atoms with E-state index in [4.69, 9.17) is 15.0 Å². The first kappa shape index (κ1) is 14.7. The smallest absolute Gasteiger partial charge is 0.226 e. The summed E-state index contributed by atoms with van der Waals surface area (Å²) in [5.74, 6) is 1.32. The van der Waals surface area contributed by atoms with Crippen molar-refractivity contribution in [1.82, 2.24) is 10.1 Å². The van der Waals surface area contributed by atoms with Gasteiger partial charge >= 0.3 is 0 Å². The van der Waals surface area contributed by atoms with Gasteiger partial charge in [0.1, 0.15) is 0 Å². The molecule has 0 amide bonds. The van der Waals surface area contributed by atoms with E-state index in [-0.39, 0.29) is 12.1 Å². The van der Waals surface area contributed by atoms with Crippen molar-refractivity contribution in [2.75, 3.05) is 7.11 Å². The zero-order valence-electron chi connectivity index (χ0n) is 12.0. The second-order valence-electron chi connectivity index (χ2n) is 4.91. The SMILES string of the molecule is COC(C)Cc1noc(CCC(N)c2ccccc2)n1. The molecule has 1 aromatic heterocycles. The highest BCUT2D eigenvalue weighted by Crippen LogP contribution is 2.16. The van der Waals surface area contributed by atoms with Crippen LogP contribution in [0.1, 0.15) is 36.7 Å². The number of aryl methyl sites for hydroxylation is 1. The molecule has 1 aromatic carbocycles. The van der Waals surface area contributed by atoms with E-state index >= 15 is 0 Å². The van der Waals surface area contributed by atoms with E-state index in [1.807, 2.05) is 37.3 Å². The van der Waals surface area contributed by atoms with Gasteiger partial charge < -0.3 is 15.0 Å². The molecule has 0 saturated heterocycles. The Hall–Kier alpha value is -1.72. The third-order valence-corrected chi connectivity index (χ3v) is 3.28. The predicted octanol–water partition coefficient (Wildman–Crippen LogP) is 2.28. The Kier molecular flexibility index (Phi) is 5.26. The number of benzene rings is 1. The van der Waals surface area contributed by atoms with Crippen LogP contribution in [0.2, 0.25) is 0 Å². The molecular formula is C15H21N3O2. The van der Waals surface area contributed by atoms with Crippen molar-refractivity contribution in [2.24, 2.45) is 5.73 Å². The van der Waals surface area contributed by atoms with Crippen LogP contribution < -0.4 is 5.73 Å². The number of nitrogens with two attached hydrogens (primary N) is 1. The van der Waals surface area contributed by atoms with E-state index in [1.54, 1.807) is 7.11 Å². The number of rotatable bonds is 7. The molecule has 0 spiro atoms. The lowest BCUT2D eigenvalue weighted by Gasteiger charge is -2.09. The quantitative estimate of drug-likeness (QED) is 0.839. The topological polar surface area (TPSA) is 74.2 Å². The molecule has 2 N–H and O–H groups in total. The second kappa shape index (κ2) is 7.17. The van der Waals surface area contributed by atoms with Crippen molar-refractivity contribution < 1.29 is 9.26 Å². The zero-order chi connectivity index (χ0) is 14.4. The summed E-state index contributed by atoms with van der Waals surface area (Å²) in [4.78, 5) is 4.35. The number of methoxy groups -OCH3 is 1. The third kappa shape index (κ3) is 4.15. The minimum Gasteiger partial charge on any atom is -0.381 e. The lowest BCUT2D eigenvalue weighted by atomic mass is 10.0. The van der Waals surface area contributed by atoms with E-state index in [9.17, 15) is 0 Å². The minimum absolute atomic E-state index is 0.00977. The summed E-state index contributed by atoms with van der Waals surface area (Å²) in [7, 11) is 1.67. The molecule has 20 heavy (non-hydrogen) atoms. The van der Waals surface area contributed by atoms with Crippen molar-refractivity contribution in [3.63, 3.8) is 0 Å². The molecule has 0 radical (unpaired) electrons. The average Bonchev–Trinajstić information content (AvgIpc) is 2.93. The Labute approximate surface area is 119 Å². The van der Waals surface area contributed by atoms with Gasteiger partial charge in [-0.05, 0) is 18.9 Å². The van der Waals surface area contributed by atoms with Gasteiger partial charge in [-0.1, -0.05) is 35.5 Å². The van der Waals surface area contributed by atoms with Crippen LogP contribution >= 0.6 is 0 Å². The van der Waals surface area contributed by atoms with E-state index in [1.165, 1.54) is 0 Å². The van der Waals surface area contributed by atoms with Crippen LogP contribution in [0.3, 0.4) is 0 Å². The van der Waals surface area contributed by atoms with Gasteiger partial charge in [0.05, 0.1) is 6.10 Å². The van der Waals surface area contributed by atoms with Crippen LogP contribution in [0.4, 0.5) is 0 Å². The lowest BCUT2D eigenvalue weighted by molar-refractivity contribution is 0.116. The summed E-state index contributed by atoms with van der Waals surface area (Å²) >= 11 is 0. The van der Waals surface area contributed by atoms with Crippen LogP contribution in [0.5, 0.6) is 0 Å². The first-order chi connectivity index (χ1) is 9.69. The summed E-state index contributed by atoms with van der Waals surface area (Å²) < 4.78 is 10.4. The van der Waals surface area contributed by atoms with E-state index in [0.29, 0.717) is 24.6 Å². The van der Waals surface area contributed by atoms with Gasteiger partial charge in [-0.15, -0.1) is 0 Å². The lowest BCUT2D eigenvalue weighted by Crippen LogP contribution is -2.11. The highest BCUT2D eigenvalue weighted by molar-refractivity contribution is 5.18. The largest absolute Gasteiger partial charge is 0.381 e. The predicted molar refractivity (Wildman–Crippen MR) is 76.2 cm³/mol. The Morgan fingerprint density at radius 3 is 2.75 bits per heavy atom. The molecule has 0 fully saturated rings. The summed E-state index contributed by atoms with van der Waals surface area (Å²) in [6.07, 6.45) is 2.22. The molecular weight excluding hydrogens is 254 g/mol. The fraction of sp³-hybridized carbons (Fsp3) is 0.467. The Morgan fingerprint density at radius 1 is 1.30 bits per heavy atom. The van der Waals surface area contributed by atoms with E-state index < -0.39 is 0 Å². The zero-order valence-corrected chi connectivity index (χ0v) is 12.0. The van der Waals surface area contributed by atoms with Crippen molar-refractivity contribution in [1.29, 1.82) is 0 Å². The maximum absolute atomic E-state index is 6.14. The van der Waals surface area contributed by atoms with E-state index in [0.717, 1.165) is 12.0 Å². The van der Waals surface area contributed by atoms with Gasteiger partial charge in [0.25, 0.3) is 0 Å². The van der Waals surface area contributed by atoms with Gasteiger partial charge in [-0.2, -0.15) is 4.98 Å². The number of aromatic nitrogens is 2. The summed E-state index contributed by atoms with van der Waals surface area (Å²) in [5, 5.41) is 3.95. The molecule has 5 nitrogen and oxygen atoms in total. The maximum Gasteiger partial charge on any atom is 0.226 e. The standard InChI is InChI=1S/C15H21N3O2/c1-11(19-2)10-14-17-15(20-18-14)9-8-13(16)12-6-4-3-5-7-12/h3-7,11,13H,8-10,16H2,1-2H3. The number of hydrogen-bond donors (Lipinski definition) is 1. The Bertz CT molecular complexity index is 513. The van der Waals surface area contributed by atoms with Crippen molar-refractivity contribution in [2.45, 2.75) is 38.3 Å². The molecule has 0 saturated carbocycles. The number of ether oxygens (including phenoxy) is 1. The molecule has 108 valence electrons. The first-order valence-electron chi connectivity index (χ1n) is 6.84. The molecule has 0 aliphatic rings. The molecule has 2 aromatic rings. The molecule has 5 heteroatoms. The highest BCUT2D eigenvalue weighted by atomic mass is 16.5. The summed E-state index contributed by atoms with van der Waals surface area (Å²) in [6.45, 7) is 1.97. The van der Waals surface area contributed by atoms with Crippen LogP contribution in [0.25, 0.3) is 0 Å². The maximum atomic E-state index is 6.14. The normalized spacial score (nSPS) is 14.2. The van der Waals surface area contributed by atoms with Gasteiger partial charge in [-0.25, -0.2) is 0 Å². The fourth-order valence-electron chi connectivity index (χ4n) is 1.96. The molecule has 1 heterocycles. The van der Waals surface area contributed by atoms with Gasteiger partial charge in [0.15, 0.2) is 5.82 Å². The van der Waals surface area contributed by atoms with Crippen LogP contribution in [-0.4, -0.2) is 23.4 Å².